The van der Waals surface area contributed by atoms with Gasteiger partial charge in [0.1, 0.15) is 16.0 Å². The minimum absolute atomic E-state index is 0.206. The first kappa shape index (κ1) is 17.0. The minimum Gasteiger partial charge on any atom is -0.495 e. The fraction of sp³-hybridized carbons (Fsp3) is 0.625. The molecule has 2 unspecified atom stereocenters. The number of benzene rings is 1. The van der Waals surface area contributed by atoms with Crippen LogP contribution in [0.2, 0.25) is 0 Å². The number of nitrogens with one attached hydrogen (secondary N) is 1. The van der Waals surface area contributed by atoms with Crippen molar-refractivity contribution in [3.8, 4) is 11.5 Å². The van der Waals surface area contributed by atoms with Gasteiger partial charge in [-0.1, -0.05) is 6.92 Å². The molecular formula is C16H24BrNO2S. The van der Waals surface area contributed by atoms with Crippen molar-refractivity contribution in [3.05, 3.63) is 22.2 Å². The van der Waals surface area contributed by atoms with Gasteiger partial charge in [-0.2, -0.15) is 11.8 Å². The molecule has 0 saturated carbocycles. The first-order valence-corrected chi connectivity index (χ1v) is 9.13. The van der Waals surface area contributed by atoms with Crippen LogP contribution in [0, 0.1) is 0 Å². The van der Waals surface area contributed by atoms with Gasteiger partial charge in [0.25, 0.3) is 0 Å². The van der Waals surface area contributed by atoms with Crippen LogP contribution in [-0.2, 0) is 0 Å². The summed E-state index contributed by atoms with van der Waals surface area (Å²) in [4.78, 5) is 0. The molecule has 0 spiro atoms. The van der Waals surface area contributed by atoms with E-state index in [1.807, 2.05) is 6.07 Å². The van der Waals surface area contributed by atoms with Crippen molar-refractivity contribution in [1.82, 2.24) is 5.32 Å². The largest absolute Gasteiger partial charge is 0.495 e. The average Bonchev–Trinajstić information content (AvgIpc) is 2.92. The first-order chi connectivity index (χ1) is 10.1. The monoisotopic (exact) mass is 373 g/mol. The van der Waals surface area contributed by atoms with Crippen LogP contribution in [-0.4, -0.2) is 31.3 Å². The molecule has 0 aromatic heterocycles. The second-order valence-electron chi connectivity index (χ2n) is 5.46. The highest BCUT2D eigenvalue weighted by Crippen LogP contribution is 2.50. The Hall–Kier alpha value is -0.390. The highest BCUT2D eigenvalue weighted by Gasteiger charge is 2.40. The van der Waals surface area contributed by atoms with Gasteiger partial charge < -0.3 is 14.8 Å². The van der Waals surface area contributed by atoms with Gasteiger partial charge >= 0.3 is 0 Å². The highest BCUT2D eigenvalue weighted by molar-refractivity contribution is 9.10. The Morgan fingerprint density at radius 3 is 2.67 bits per heavy atom. The van der Waals surface area contributed by atoms with Crippen molar-refractivity contribution >= 4 is 27.7 Å². The van der Waals surface area contributed by atoms with E-state index >= 15 is 0 Å². The van der Waals surface area contributed by atoms with Crippen molar-refractivity contribution in [2.24, 2.45) is 0 Å². The lowest BCUT2D eigenvalue weighted by Crippen LogP contribution is -2.37. The summed E-state index contributed by atoms with van der Waals surface area (Å²) >= 11 is 5.67. The van der Waals surface area contributed by atoms with Crippen LogP contribution in [0.1, 0.15) is 38.3 Å². The third kappa shape index (κ3) is 3.35. The fourth-order valence-electron chi connectivity index (χ4n) is 3.03. The van der Waals surface area contributed by atoms with Crippen molar-refractivity contribution < 1.29 is 9.47 Å². The summed E-state index contributed by atoms with van der Waals surface area (Å²) in [7, 11) is 3.39. The number of rotatable bonds is 6. The van der Waals surface area contributed by atoms with E-state index in [0.29, 0.717) is 0 Å². The van der Waals surface area contributed by atoms with Gasteiger partial charge in [0.05, 0.1) is 20.3 Å². The van der Waals surface area contributed by atoms with Crippen LogP contribution in [0.5, 0.6) is 11.5 Å². The molecule has 1 saturated heterocycles. The van der Waals surface area contributed by atoms with E-state index in [1.54, 1.807) is 14.2 Å². The third-order valence-electron chi connectivity index (χ3n) is 4.10. The lowest BCUT2D eigenvalue weighted by molar-refractivity contribution is 0.364. The molecule has 21 heavy (non-hydrogen) atoms. The summed E-state index contributed by atoms with van der Waals surface area (Å²) in [5, 5.41) is 3.66. The maximum Gasteiger partial charge on any atom is 0.141 e. The van der Waals surface area contributed by atoms with Gasteiger partial charge in [0.2, 0.25) is 0 Å². The van der Waals surface area contributed by atoms with Crippen LogP contribution in [0.25, 0.3) is 0 Å². The fourth-order valence-corrected chi connectivity index (χ4v) is 5.14. The molecule has 2 rings (SSSR count). The van der Waals surface area contributed by atoms with Gasteiger partial charge in [-0.15, -0.1) is 0 Å². The van der Waals surface area contributed by atoms with E-state index in [0.717, 1.165) is 22.5 Å². The summed E-state index contributed by atoms with van der Waals surface area (Å²) in [6.45, 7) is 5.45. The predicted octanol–water partition coefficient (Wildman–Crippen LogP) is 4.40. The summed E-state index contributed by atoms with van der Waals surface area (Å²) in [5.41, 5.74) is 1.20. The molecule has 1 aromatic rings. The van der Waals surface area contributed by atoms with Gasteiger partial charge in [0, 0.05) is 10.3 Å². The smallest absolute Gasteiger partial charge is 0.141 e. The maximum atomic E-state index is 5.67. The molecule has 1 aliphatic rings. The summed E-state index contributed by atoms with van der Waals surface area (Å²) in [6.07, 6.45) is 2.50. The summed E-state index contributed by atoms with van der Waals surface area (Å²) in [5.74, 6) is 2.90. The number of halogens is 1. The van der Waals surface area contributed by atoms with E-state index in [1.165, 1.54) is 24.2 Å². The van der Waals surface area contributed by atoms with E-state index < -0.39 is 0 Å². The van der Waals surface area contributed by atoms with Gasteiger partial charge in [0.15, 0.2) is 0 Å². The predicted molar refractivity (Wildman–Crippen MR) is 93.8 cm³/mol. The Kier molecular flexibility index (Phi) is 5.86. The van der Waals surface area contributed by atoms with Crippen LogP contribution in [0.15, 0.2) is 16.6 Å². The summed E-state index contributed by atoms with van der Waals surface area (Å²) < 4.78 is 12.1. The number of ether oxygens (including phenoxy) is 2. The molecule has 0 bridgehead atoms. The second-order valence-corrected chi connectivity index (χ2v) is 7.88. The number of methoxy groups -OCH3 is 2. The average molecular weight is 374 g/mol. The Labute approximate surface area is 140 Å². The van der Waals surface area contributed by atoms with E-state index in [2.05, 4.69) is 52.9 Å². The van der Waals surface area contributed by atoms with Crippen molar-refractivity contribution in [1.29, 1.82) is 0 Å². The van der Waals surface area contributed by atoms with Crippen molar-refractivity contribution in [2.45, 2.75) is 37.5 Å². The van der Waals surface area contributed by atoms with Crippen LogP contribution in [0.3, 0.4) is 0 Å². The maximum absolute atomic E-state index is 5.67. The molecule has 1 N–H and O–H groups in total. The van der Waals surface area contributed by atoms with E-state index in [9.17, 15) is 0 Å². The van der Waals surface area contributed by atoms with Gasteiger partial charge in [-0.05, 0) is 60.1 Å². The van der Waals surface area contributed by atoms with Gasteiger partial charge in [-0.3, -0.25) is 0 Å². The van der Waals surface area contributed by atoms with Crippen LogP contribution in [0.4, 0.5) is 0 Å². The zero-order valence-electron chi connectivity index (χ0n) is 13.2. The zero-order chi connectivity index (χ0) is 15.5. The molecule has 118 valence electrons. The summed E-state index contributed by atoms with van der Waals surface area (Å²) in [6, 6.07) is 4.40. The lowest BCUT2D eigenvalue weighted by atomic mass is 9.89. The lowest BCUT2D eigenvalue weighted by Gasteiger charge is -2.35. The molecular weight excluding hydrogens is 350 g/mol. The number of thioether (sulfide) groups is 1. The number of hydrogen-bond donors (Lipinski definition) is 1. The zero-order valence-corrected chi connectivity index (χ0v) is 15.6. The van der Waals surface area contributed by atoms with Gasteiger partial charge in [-0.25, -0.2) is 0 Å². The quantitative estimate of drug-likeness (QED) is 0.800. The number of hydrogen-bond acceptors (Lipinski definition) is 4. The standard InChI is InChI=1S/C16H24BrNO2S/c1-5-18-15(16(2)9-6-10-21-16)11-7-8-12(19-3)13(17)14(11)20-4/h7-8,15,18H,5-6,9-10H2,1-4H3. The molecule has 1 aromatic carbocycles. The topological polar surface area (TPSA) is 30.5 Å². The molecule has 0 aliphatic carbocycles. The van der Waals surface area contributed by atoms with Crippen LogP contribution < -0.4 is 14.8 Å². The van der Waals surface area contributed by atoms with Crippen molar-refractivity contribution in [3.63, 3.8) is 0 Å². The molecule has 1 aliphatic heterocycles. The Morgan fingerprint density at radius 1 is 1.38 bits per heavy atom. The molecule has 2 atom stereocenters. The molecule has 0 amide bonds. The third-order valence-corrected chi connectivity index (χ3v) is 6.44. The molecule has 1 heterocycles. The Morgan fingerprint density at radius 2 is 2.14 bits per heavy atom. The molecule has 3 nitrogen and oxygen atoms in total. The Balaban J connectivity index is 2.47. The Bertz CT molecular complexity index is 489. The SMILES string of the molecule is CCNC(c1ccc(OC)c(Br)c1OC)C1(C)CCCS1. The molecule has 1 fully saturated rings. The van der Waals surface area contributed by atoms with E-state index in [-0.39, 0.29) is 10.8 Å². The van der Waals surface area contributed by atoms with E-state index in [4.69, 9.17) is 9.47 Å². The second kappa shape index (κ2) is 7.25. The molecule has 5 heteroatoms. The highest BCUT2D eigenvalue weighted by atomic mass is 79.9. The van der Waals surface area contributed by atoms with Crippen molar-refractivity contribution in [2.75, 3.05) is 26.5 Å². The first-order valence-electron chi connectivity index (χ1n) is 7.35. The molecule has 0 radical (unpaired) electrons. The van der Waals surface area contributed by atoms with Crippen LogP contribution >= 0.6 is 27.7 Å². The normalized spacial score (nSPS) is 23.1. The minimum atomic E-state index is 0.206.